The van der Waals surface area contributed by atoms with Crippen LogP contribution in [0.15, 0.2) is 30.9 Å². The molecule has 2 fully saturated rings. The normalized spacial score (nSPS) is 25.0. The molecule has 4 atom stereocenters. The number of amides is 5. The average Bonchev–Trinajstić information content (AvgIpc) is 3.69. The second-order valence-corrected chi connectivity index (χ2v) is 16.9. The predicted octanol–water partition coefficient (Wildman–Crippen LogP) is 2.89. The lowest BCUT2D eigenvalue weighted by Crippen LogP contribution is -2.57. The summed E-state index contributed by atoms with van der Waals surface area (Å²) in [4.78, 5) is 70.5. The lowest BCUT2D eigenvalue weighted by Gasteiger charge is -2.31. The van der Waals surface area contributed by atoms with E-state index < -0.39 is 75.3 Å². The smallest absolute Gasteiger partial charge is 0.410 e. The molecular weight excluding hydrogens is 666 g/mol. The van der Waals surface area contributed by atoms with E-state index in [0.29, 0.717) is 25.9 Å². The second kappa shape index (κ2) is 15.0. The third-order valence-corrected chi connectivity index (χ3v) is 11.6. The number of ether oxygens (including phenoxy) is 2. The van der Waals surface area contributed by atoms with Crippen molar-refractivity contribution >= 4 is 39.9 Å². The zero-order chi connectivity index (χ0) is 36.4. The van der Waals surface area contributed by atoms with Crippen LogP contribution in [-0.2, 0) is 53.4 Å². The van der Waals surface area contributed by atoms with E-state index in [4.69, 9.17) is 9.47 Å². The molecule has 1 aliphatic carbocycles. The summed E-state index contributed by atoms with van der Waals surface area (Å²) in [5, 5.41) is 4.61. The van der Waals surface area contributed by atoms with Gasteiger partial charge in [-0.1, -0.05) is 52.0 Å². The van der Waals surface area contributed by atoms with Crippen molar-refractivity contribution in [3.63, 3.8) is 0 Å². The van der Waals surface area contributed by atoms with E-state index in [1.165, 1.54) is 11.0 Å². The predicted molar refractivity (Wildman–Crippen MR) is 183 cm³/mol. The minimum atomic E-state index is -3.89. The van der Waals surface area contributed by atoms with Crippen LogP contribution >= 0.6 is 0 Å². The van der Waals surface area contributed by atoms with Crippen molar-refractivity contribution in [3.8, 4) is 0 Å². The Morgan fingerprint density at radius 3 is 2.54 bits per heavy atom. The Morgan fingerprint density at radius 1 is 1.14 bits per heavy atom. The van der Waals surface area contributed by atoms with Gasteiger partial charge in [0.2, 0.25) is 21.8 Å². The molecule has 5 amide bonds. The molecule has 1 unspecified atom stereocenters. The van der Waals surface area contributed by atoms with Crippen LogP contribution in [0.5, 0.6) is 0 Å². The van der Waals surface area contributed by atoms with Gasteiger partial charge in [0.05, 0.1) is 18.4 Å². The summed E-state index contributed by atoms with van der Waals surface area (Å²) >= 11 is 0. The maximum atomic E-state index is 14.1. The molecule has 3 aliphatic heterocycles. The van der Waals surface area contributed by atoms with E-state index in [9.17, 15) is 32.4 Å². The van der Waals surface area contributed by atoms with E-state index >= 15 is 0 Å². The molecule has 1 aromatic rings. The van der Waals surface area contributed by atoms with Crippen LogP contribution in [-0.4, -0.2) is 90.8 Å². The van der Waals surface area contributed by atoms with Crippen LogP contribution in [0.3, 0.4) is 0 Å². The van der Waals surface area contributed by atoms with Gasteiger partial charge in [-0.3, -0.25) is 24.0 Å². The summed E-state index contributed by atoms with van der Waals surface area (Å²) in [6.45, 7) is 11.9. The highest BCUT2D eigenvalue weighted by Crippen LogP contribution is 2.32. The Morgan fingerprint density at radius 2 is 1.86 bits per heavy atom. The topological polar surface area (TPSA) is 181 Å². The van der Waals surface area contributed by atoms with Gasteiger partial charge in [0.1, 0.15) is 24.2 Å². The van der Waals surface area contributed by atoms with Crippen molar-refractivity contribution in [2.75, 3.05) is 13.2 Å². The zero-order valence-electron chi connectivity index (χ0n) is 29.2. The molecule has 15 heteroatoms. The molecule has 274 valence electrons. The molecule has 14 nitrogen and oxygen atoms in total. The van der Waals surface area contributed by atoms with Crippen LogP contribution in [0.25, 0.3) is 0 Å². The average molecular weight is 716 g/mol. The number of nitrogens with one attached hydrogen (secondary N) is 3. The highest BCUT2D eigenvalue weighted by Gasteiger charge is 2.46. The number of benzene rings is 1. The lowest BCUT2D eigenvalue weighted by atomic mass is 9.86. The molecule has 50 heavy (non-hydrogen) atoms. The van der Waals surface area contributed by atoms with E-state index in [1.807, 2.05) is 26.0 Å². The SMILES string of the molecule is C=CCC(NC(=O)[C@@H]1C[C@@H]2CN1C(=O)[C@H](C(C)C)NC(=O)OCC(C)(C)CCCc1cccc3c1CN(C3)C(=O)O2)C(=O)NS(=O)(=O)C1CC1. The van der Waals surface area contributed by atoms with Crippen LogP contribution < -0.4 is 15.4 Å². The monoisotopic (exact) mass is 715 g/mol. The first-order valence-electron chi connectivity index (χ1n) is 17.3. The van der Waals surface area contributed by atoms with Gasteiger partial charge in [0, 0.05) is 19.5 Å². The number of alkyl carbamates (subject to hydrolysis) is 1. The van der Waals surface area contributed by atoms with Gasteiger partial charge in [0.25, 0.3) is 5.91 Å². The molecule has 3 heterocycles. The van der Waals surface area contributed by atoms with Gasteiger partial charge in [-0.05, 0) is 66.5 Å². The zero-order valence-corrected chi connectivity index (χ0v) is 30.1. The number of cyclic esters (lactones) is 1. The third-order valence-electron chi connectivity index (χ3n) is 9.80. The van der Waals surface area contributed by atoms with Gasteiger partial charge in [-0.25, -0.2) is 18.0 Å². The summed E-state index contributed by atoms with van der Waals surface area (Å²) in [5.74, 6) is -2.66. The standard InChI is InChI=1S/C35H49N5O9S/c1-6-9-27(30(41)38-50(46,47)25-13-14-25)36-31(42)28-16-24-18-40(28)32(43)29(21(2)3)37-33(44)48-20-35(4,5)15-8-12-22-10-7-11-23-17-39(19-26(22)23)34(45)49-24/h6-7,10-11,21,24-25,27-29H,1,8-9,12-20H2,2-5H3,(H,36,42)(H,37,44)(H,38,41)/t24-,27?,28+,29+/m1/s1. The van der Waals surface area contributed by atoms with E-state index in [2.05, 4.69) is 28.0 Å². The van der Waals surface area contributed by atoms with Crippen molar-refractivity contribution < 1.29 is 41.9 Å². The first-order valence-corrected chi connectivity index (χ1v) is 18.9. The number of fused-ring (bicyclic) bond motifs is 3. The Kier molecular flexibility index (Phi) is 11.1. The molecular formula is C35H49N5O9S. The van der Waals surface area contributed by atoms with Gasteiger partial charge in [0.15, 0.2) is 0 Å². The molecule has 4 bridgehead atoms. The molecule has 1 saturated carbocycles. The first kappa shape index (κ1) is 37.1. The molecule has 0 spiro atoms. The Balaban J connectivity index is 1.40. The van der Waals surface area contributed by atoms with Gasteiger partial charge in [-0.2, -0.15) is 0 Å². The number of hydrogen-bond acceptors (Lipinski definition) is 9. The summed E-state index contributed by atoms with van der Waals surface area (Å²) in [6.07, 6.45) is 2.28. The van der Waals surface area contributed by atoms with Gasteiger partial charge < -0.3 is 25.0 Å². The summed E-state index contributed by atoms with van der Waals surface area (Å²) < 4.78 is 38.5. The fourth-order valence-electron chi connectivity index (χ4n) is 6.74. The summed E-state index contributed by atoms with van der Waals surface area (Å²) in [7, 11) is -3.89. The van der Waals surface area contributed by atoms with Crippen LogP contribution in [0, 0.1) is 11.3 Å². The third kappa shape index (κ3) is 8.77. The maximum Gasteiger partial charge on any atom is 0.410 e. The summed E-state index contributed by atoms with van der Waals surface area (Å²) in [6, 6.07) is 2.45. The largest absolute Gasteiger partial charge is 0.449 e. The Labute approximate surface area is 293 Å². The van der Waals surface area contributed by atoms with Crippen molar-refractivity contribution in [1.29, 1.82) is 0 Å². The number of aryl methyl sites for hydroxylation is 1. The summed E-state index contributed by atoms with van der Waals surface area (Å²) in [5.41, 5.74) is 2.90. The molecule has 3 N–H and O–H groups in total. The van der Waals surface area contributed by atoms with Crippen LogP contribution in [0.1, 0.15) is 82.9 Å². The fraction of sp³-hybridized carbons (Fsp3) is 0.629. The van der Waals surface area contributed by atoms with Crippen molar-refractivity contribution in [1.82, 2.24) is 25.2 Å². The molecule has 0 aromatic heterocycles. The van der Waals surface area contributed by atoms with Gasteiger partial charge >= 0.3 is 12.2 Å². The number of sulfonamides is 1. The minimum Gasteiger partial charge on any atom is -0.449 e. The Bertz CT molecular complexity index is 1620. The van der Waals surface area contributed by atoms with Gasteiger partial charge in [-0.15, -0.1) is 6.58 Å². The lowest BCUT2D eigenvalue weighted by molar-refractivity contribution is -0.141. The minimum absolute atomic E-state index is 0.0767. The van der Waals surface area contributed by atoms with Crippen molar-refractivity contribution in [2.45, 2.75) is 115 Å². The van der Waals surface area contributed by atoms with E-state index in [0.717, 1.165) is 36.0 Å². The number of rotatable bonds is 8. The molecule has 5 rings (SSSR count). The highest BCUT2D eigenvalue weighted by atomic mass is 32.2. The molecule has 4 aliphatic rings. The second-order valence-electron chi connectivity index (χ2n) is 14.9. The molecule has 1 saturated heterocycles. The maximum absolute atomic E-state index is 14.1. The Hall–Kier alpha value is -4.14. The number of carbonyl (C=O) groups is 5. The highest BCUT2D eigenvalue weighted by molar-refractivity contribution is 7.90. The number of carbonyl (C=O) groups excluding carboxylic acids is 5. The van der Waals surface area contributed by atoms with Crippen LogP contribution in [0.4, 0.5) is 9.59 Å². The van der Waals surface area contributed by atoms with E-state index in [-0.39, 0.29) is 31.4 Å². The van der Waals surface area contributed by atoms with E-state index in [1.54, 1.807) is 18.7 Å². The quantitative estimate of drug-likeness (QED) is 0.341. The fourth-order valence-corrected chi connectivity index (χ4v) is 8.08. The molecule has 0 radical (unpaired) electrons. The number of nitrogens with zero attached hydrogens (tertiary/aromatic N) is 2. The van der Waals surface area contributed by atoms with Crippen LogP contribution in [0.2, 0.25) is 0 Å². The van der Waals surface area contributed by atoms with Crippen molar-refractivity contribution in [2.24, 2.45) is 11.3 Å². The molecule has 1 aromatic carbocycles. The van der Waals surface area contributed by atoms with Crippen molar-refractivity contribution in [3.05, 3.63) is 47.5 Å². The first-order chi connectivity index (χ1) is 23.6. The number of hydrogen-bond donors (Lipinski definition) is 3.